The van der Waals surface area contributed by atoms with E-state index in [1.807, 2.05) is 19.1 Å². The van der Waals surface area contributed by atoms with Crippen LogP contribution in [0.25, 0.3) is 0 Å². The summed E-state index contributed by atoms with van der Waals surface area (Å²) < 4.78 is 8.47. The predicted octanol–water partition coefficient (Wildman–Crippen LogP) is 1.12. The van der Waals surface area contributed by atoms with Gasteiger partial charge in [-0.3, -0.25) is 0 Å². The SMILES string of the molecule is CC=CCS(O)=S. The van der Waals surface area contributed by atoms with E-state index in [2.05, 4.69) is 11.2 Å². The maximum absolute atomic E-state index is 8.47. The van der Waals surface area contributed by atoms with Crippen LogP contribution in [-0.2, 0) is 20.9 Å². The Bertz CT molecular complexity index is 87.7. The van der Waals surface area contributed by atoms with Crippen molar-refractivity contribution in [3.8, 4) is 0 Å². The van der Waals surface area contributed by atoms with Gasteiger partial charge in [0.05, 0.1) is 0 Å². The van der Waals surface area contributed by atoms with Gasteiger partial charge in [-0.1, -0.05) is 12.2 Å². The molecular weight excluding hydrogens is 128 g/mol. The Morgan fingerprint density at radius 1 is 1.86 bits per heavy atom. The van der Waals surface area contributed by atoms with Gasteiger partial charge in [-0.25, -0.2) is 0 Å². The quantitative estimate of drug-likeness (QED) is 0.574. The van der Waals surface area contributed by atoms with Crippen molar-refractivity contribution in [2.24, 2.45) is 0 Å². The Kier molecular flexibility index (Phi) is 4.60. The number of hydrogen-bond acceptors (Lipinski definition) is 1. The molecule has 3 heteroatoms. The van der Waals surface area contributed by atoms with Crippen molar-refractivity contribution in [1.29, 1.82) is 0 Å². The Morgan fingerprint density at radius 3 is 2.57 bits per heavy atom. The third-order valence-electron chi connectivity index (χ3n) is 0.475. The minimum atomic E-state index is -0.819. The molecule has 7 heavy (non-hydrogen) atoms. The molecule has 0 aliphatic rings. The largest absolute Gasteiger partial charge is 0.327 e. The number of hydrogen-bond donors (Lipinski definition) is 1. The van der Waals surface area contributed by atoms with Gasteiger partial charge in [0, 0.05) is 15.5 Å². The first-order chi connectivity index (χ1) is 3.27. The molecule has 1 atom stereocenters. The van der Waals surface area contributed by atoms with Crippen LogP contribution < -0.4 is 0 Å². The first kappa shape index (κ1) is 7.27. The molecule has 1 unspecified atom stereocenters. The van der Waals surface area contributed by atoms with Crippen molar-refractivity contribution >= 4 is 20.9 Å². The van der Waals surface area contributed by atoms with Gasteiger partial charge in [0.25, 0.3) is 0 Å². The first-order valence-corrected chi connectivity index (χ1v) is 4.23. The Balaban J connectivity index is 3.14. The summed E-state index contributed by atoms with van der Waals surface area (Å²) in [6.45, 7) is 1.90. The summed E-state index contributed by atoms with van der Waals surface area (Å²) in [6, 6.07) is 0. The number of rotatable bonds is 2. The summed E-state index contributed by atoms with van der Waals surface area (Å²) >= 11 is 4.48. The lowest BCUT2D eigenvalue weighted by Gasteiger charge is -1.83. The van der Waals surface area contributed by atoms with Gasteiger partial charge in [-0.2, -0.15) is 0 Å². The molecule has 0 aliphatic heterocycles. The van der Waals surface area contributed by atoms with E-state index in [9.17, 15) is 0 Å². The second-order valence-electron chi connectivity index (χ2n) is 1.06. The molecule has 0 aliphatic carbocycles. The molecule has 42 valence electrons. The molecule has 0 aromatic rings. The van der Waals surface area contributed by atoms with Crippen LogP contribution in [0.15, 0.2) is 12.2 Å². The van der Waals surface area contributed by atoms with Gasteiger partial charge < -0.3 is 4.55 Å². The summed E-state index contributed by atoms with van der Waals surface area (Å²) in [5.74, 6) is 0.617. The highest BCUT2D eigenvalue weighted by Crippen LogP contribution is 1.75. The fourth-order valence-corrected chi connectivity index (χ4v) is 0.771. The van der Waals surface area contributed by atoms with Crippen LogP contribution in [0.4, 0.5) is 0 Å². The molecule has 1 nitrogen and oxygen atoms in total. The van der Waals surface area contributed by atoms with Crippen molar-refractivity contribution in [2.45, 2.75) is 6.92 Å². The van der Waals surface area contributed by atoms with Crippen LogP contribution >= 0.6 is 0 Å². The van der Waals surface area contributed by atoms with E-state index in [-0.39, 0.29) is 0 Å². The average molecular weight is 136 g/mol. The molecule has 0 saturated carbocycles. The lowest BCUT2D eigenvalue weighted by atomic mass is 10.6. The zero-order valence-electron chi connectivity index (χ0n) is 4.13. The zero-order valence-corrected chi connectivity index (χ0v) is 5.76. The Morgan fingerprint density at radius 2 is 2.43 bits per heavy atom. The van der Waals surface area contributed by atoms with E-state index in [0.717, 1.165) is 0 Å². The first-order valence-electron chi connectivity index (χ1n) is 1.96. The fourth-order valence-electron chi connectivity index (χ4n) is 0.179. The van der Waals surface area contributed by atoms with Gasteiger partial charge in [-0.15, -0.1) is 0 Å². The van der Waals surface area contributed by atoms with Crippen molar-refractivity contribution in [2.75, 3.05) is 5.75 Å². The van der Waals surface area contributed by atoms with Gasteiger partial charge >= 0.3 is 0 Å². The molecular formula is C4H8OS2. The summed E-state index contributed by atoms with van der Waals surface area (Å²) in [6.07, 6.45) is 3.73. The van der Waals surface area contributed by atoms with Crippen LogP contribution in [-0.4, -0.2) is 10.3 Å². The van der Waals surface area contributed by atoms with Gasteiger partial charge in [0.1, 0.15) is 0 Å². The van der Waals surface area contributed by atoms with Crippen LogP contribution in [0.5, 0.6) is 0 Å². The lowest BCUT2D eigenvalue weighted by Crippen LogP contribution is -1.86. The molecule has 0 radical (unpaired) electrons. The Hall–Kier alpha value is 0.270. The lowest BCUT2D eigenvalue weighted by molar-refractivity contribution is 0.659. The minimum absolute atomic E-state index is 0.617. The van der Waals surface area contributed by atoms with Crippen molar-refractivity contribution < 1.29 is 4.55 Å². The van der Waals surface area contributed by atoms with E-state index in [1.165, 1.54) is 0 Å². The monoisotopic (exact) mass is 136 g/mol. The summed E-state index contributed by atoms with van der Waals surface area (Å²) in [5.41, 5.74) is 0. The fraction of sp³-hybridized carbons (Fsp3) is 0.500. The Labute approximate surface area is 50.8 Å². The van der Waals surface area contributed by atoms with E-state index < -0.39 is 9.74 Å². The third kappa shape index (κ3) is 6.27. The maximum atomic E-state index is 8.47. The summed E-state index contributed by atoms with van der Waals surface area (Å²) in [7, 11) is -0.819. The standard InChI is InChI=1S/C4H8OS2/c1-2-3-4-7(5)6/h2-3H,4H2,1H3,(H,5,6). The molecule has 0 amide bonds. The molecule has 0 bridgehead atoms. The average Bonchev–Trinajstić information content (AvgIpc) is 1.61. The third-order valence-corrected chi connectivity index (χ3v) is 1.36. The molecule has 0 fully saturated rings. The normalized spacial score (nSPS) is 15.1. The van der Waals surface area contributed by atoms with Crippen molar-refractivity contribution in [3.63, 3.8) is 0 Å². The van der Waals surface area contributed by atoms with Crippen LogP contribution in [0.2, 0.25) is 0 Å². The van der Waals surface area contributed by atoms with Crippen LogP contribution in [0, 0.1) is 0 Å². The molecule has 0 rings (SSSR count). The minimum Gasteiger partial charge on any atom is -0.327 e. The molecule has 0 heterocycles. The van der Waals surface area contributed by atoms with E-state index >= 15 is 0 Å². The van der Waals surface area contributed by atoms with Crippen LogP contribution in [0.3, 0.4) is 0 Å². The van der Waals surface area contributed by atoms with Crippen molar-refractivity contribution in [1.82, 2.24) is 0 Å². The summed E-state index contributed by atoms with van der Waals surface area (Å²) in [5, 5.41) is 0. The van der Waals surface area contributed by atoms with E-state index in [0.29, 0.717) is 5.75 Å². The predicted molar refractivity (Wildman–Crippen MR) is 37.0 cm³/mol. The van der Waals surface area contributed by atoms with Gasteiger partial charge in [-0.05, 0) is 18.1 Å². The maximum Gasteiger partial charge on any atom is 0.0403 e. The van der Waals surface area contributed by atoms with E-state index in [4.69, 9.17) is 4.55 Å². The molecule has 0 aromatic heterocycles. The second-order valence-corrected chi connectivity index (χ2v) is 3.19. The highest BCUT2D eigenvalue weighted by Gasteiger charge is 1.76. The number of allylic oxidation sites excluding steroid dienone is 1. The highest BCUT2D eigenvalue weighted by molar-refractivity contribution is 8.25. The second kappa shape index (κ2) is 4.43. The highest BCUT2D eigenvalue weighted by atomic mass is 32.8. The molecule has 0 saturated heterocycles. The molecule has 1 N–H and O–H groups in total. The zero-order chi connectivity index (χ0) is 5.70. The van der Waals surface area contributed by atoms with Crippen LogP contribution in [0.1, 0.15) is 6.92 Å². The summed E-state index contributed by atoms with van der Waals surface area (Å²) in [4.78, 5) is 0. The smallest absolute Gasteiger partial charge is 0.0403 e. The molecule has 0 aromatic carbocycles. The van der Waals surface area contributed by atoms with Gasteiger partial charge in [0.15, 0.2) is 0 Å². The topological polar surface area (TPSA) is 20.2 Å². The molecule has 0 spiro atoms. The van der Waals surface area contributed by atoms with E-state index in [1.54, 1.807) is 0 Å². The van der Waals surface area contributed by atoms with Crippen molar-refractivity contribution in [3.05, 3.63) is 12.2 Å². The van der Waals surface area contributed by atoms with Gasteiger partial charge in [0.2, 0.25) is 0 Å².